The lowest BCUT2D eigenvalue weighted by Gasteiger charge is -1.83. The summed E-state index contributed by atoms with van der Waals surface area (Å²) in [6.45, 7) is 2.07. The van der Waals surface area contributed by atoms with Crippen molar-refractivity contribution in [3.63, 3.8) is 0 Å². The summed E-state index contributed by atoms with van der Waals surface area (Å²) in [5, 5.41) is 8.42. The van der Waals surface area contributed by atoms with E-state index >= 15 is 0 Å². The van der Waals surface area contributed by atoms with Crippen molar-refractivity contribution in [3.05, 3.63) is 0 Å². The Kier molecular flexibility index (Phi) is 8.32. The number of hydrogen-bond acceptors (Lipinski definition) is 1. The zero-order chi connectivity index (χ0) is 8.36. The van der Waals surface area contributed by atoms with Crippen molar-refractivity contribution in [2.75, 3.05) is 6.61 Å². The molecule has 0 saturated carbocycles. The van der Waals surface area contributed by atoms with Gasteiger partial charge < -0.3 is 5.11 Å². The van der Waals surface area contributed by atoms with E-state index in [-0.39, 0.29) is 6.61 Å². The average Bonchev–Trinajstić information content (AvgIpc) is 2.03. The third kappa shape index (κ3) is 9.08. The highest BCUT2D eigenvalue weighted by atomic mass is 16.2. The lowest BCUT2D eigenvalue weighted by Crippen LogP contribution is -1.78. The van der Waals surface area contributed by atoms with Gasteiger partial charge in [0, 0.05) is 25.9 Å². The van der Waals surface area contributed by atoms with E-state index in [9.17, 15) is 0 Å². The summed E-state index contributed by atoms with van der Waals surface area (Å²) < 4.78 is 0. The molecule has 0 saturated heterocycles. The molecule has 0 rings (SSSR count). The van der Waals surface area contributed by atoms with E-state index in [0.717, 1.165) is 25.7 Å². The lowest BCUT2D eigenvalue weighted by molar-refractivity contribution is 0.290. The molecule has 0 fully saturated rings. The molecule has 0 unspecified atom stereocenters. The normalized spacial score (nSPS) is 7.45. The SMILES string of the molecule is CC#CCCC#CCCCO. The van der Waals surface area contributed by atoms with Gasteiger partial charge in [-0.2, -0.15) is 0 Å². The number of aliphatic hydroxyl groups excluding tert-OH is 1. The highest BCUT2D eigenvalue weighted by Gasteiger charge is 1.77. The smallest absolute Gasteiger partial charge is 0.0440 e. The van der Waals surface area contributed by atoms with Crippen LogP contribution in [-0.4, -0.2) is 11.7 Å². The summed E-state index contributed by atoms with van der Waals surface area (Å²) in [7, 11) is 0. The minimum atomic E-state index is 0.240. The van der Waals surface area contributed by atoms with Gasteiger partial charge in [-0.1, -0.05) is 0 Å². The summed E-state index contributed by atoms with van der Waals surface area (Å²) in [6.07, 6.45) is 3.30. The Morgan fingerprint density at radius 3 is 2.27 bits per heavy atom. The molecule has 1 heteroatoms. The second-order valence-corrected chi connectivity index (χ2v) is 2.11. The van der Waals surface area contributed by atoms with Crippen molar-refractivity contribution >= 4 is 0 Å². The number of unbranched alkanes of at least 4 members (excludes halogenated alkanes) is 2. The molecule has 0 aromatic heterocycles. The standard InChI is InChI=1S/C10H14O/c1-2-3-4-5-6-7-8-9-10-11/h11H,4-5,8-10H2,1H3. The van der Waals surface area contributed by atoms with Crippen LogP contribution in [0.5, 0.6) is 0 Å². The maximum Gasteiger partial charge on any atom is 0.0440 e. The Morgan fingerprint density at radius 2 is 1.64 bits per heavy atom. The monoisotopic (exact) mass is 150 g/mol. The lowest BCUT2D eigenvalue weighted by atomic mass is 10.3. The maximum atomic E-state index is 8.42. The molecule has 0 aromatic rings. The molecule has 0 heterocycles. The summed E-state index contributed by atoms with van der Waals surface area (Å²) in [5.41, 5.74) is 0. The first kappa shape index (κ1) is 10.1. The third-order valence-electron chi connectivity index (χ3n) is 1.14. The topological polar surface area (TPSA) is 20.2 Å². The fraction of sp³-hybridized carbons (Fsp3) is 0.600. The van der Waals surface area contributed by atoms with Crippen molar-refractivity contribution < 1.29 is 5.11 Å². The first-order chi connectivity index (χ1) is 5.41. The Labute approximate surface area is 68.8 Å². The van der Waals surface area contributed by atoms with Gasteiger partial charge >= 0.3 is 0 Å². The molecule has 0 aliphatic rings. The van der Waals surface area contributed by atoms with Crippen LogP contribution < -0.4 is 0 Å². The van der Waals surface area contributed by atoms with Gasteiger partial charge in [0.1, 0.15) is 0 Å². The van der Waals surface area contributed by atoms with Crippen LogP contribution in [0.1, 0.15) is 32.6 Å². The molecular formula is C10H14O. The van der Waals surface area contributed by atoms with Crippen LogP contribution in [0.2, 0.25) is 0 Å². The van der Waals surface area contributed by atoms with E-state index < -0.39 is 0 Å². The van der Waals surface area contributed by atoms with Crippen LogP contribution in [0, 0.1) is 23.7 Å². The van der Waals surface area contributed by atoms with Gasteiger partial charge in [-0.15, -0.1) is 23.7 Å². The van der Waals surface area contributed by atoms with Crippen LogP contribution in [0.3, 0.4) is 0 Å². The zero-order valence-electron chi connectivity index (χ0n) is 6.98. The van der Waals surface area contributed by atoms with E-state index in [1.807, 2.05) is 6.92 Å². The van der Waals surface area contributed by atoms with Gasteiger partial charge in [0.15, 0.2) is 0 Å². The molecule has 1 nitrogen and oxygen atoms in total. The summed E-state index contributed by atoms with van der Waals surface area (Å²) >= 11 is 0. The number of rotatable bonds is 3. The molecular weight excluding hydrogens is 136 g/mol. The highest BCUT2D eigenvalue weighted by molar-refractivity contribution is 5.03. The van der Waals surface area contributed by atoms with E-state index in [1.54, 1.807) is 0 Å². The second-order valence-electron chi connectivity index (χ2n) is 2.11. The minimum Gasteiger partial charge on any atom is -0.396 e. The highest BCUT2D eigenvalue weighted by Crippen LogP contribution is 1.86. The predicted octanol–water partition coefficient (Wildman–Crippen LogP) is 1.57. The predicted molar refractivity (Wildman–Crippen MR) is 46.8 cm³/mol. The van der Waals surface area contributed by atoms with Crippen molar-refractivity contribution in [2.45, 2.75) is 32.6 Å². The van der Waals surface area contributed by atoms with Crippen LogP contribution in [-0.2, 0) is 0 Å². The molecule has 0 aliphatic heterocycles. The molecule has 0 atom stereocenters. The van der Waals surface area contributed by atoms with E-state index in [0.29, 0.717) is 0 Å². The van der Waals surface area contributed by atoms with Gasteiger partial charge in [0.05, 0.1) is 0 Å². The third-order valence-corrected chi connectivity index (χ3v) is 1.14. The molecule has 1 N–H and O–H groups in total. The van der Waals surface area contributed by atoms with Crippen LogP contribution >= 0.6 is 0 Å². The van der Waals surface area contributed by atoms with Crippen molar-refractivity contribution in [1.29, 1.82) is 0 Å². The van der Waals surface area contributed by atoms with Gasteiger partial charge in [0.25, 0.3) is 0 Å². The van der Waals surface area contributed by atoms with E-state index in [1.165, 1.54) is 0 Å². The van der Waals surface area contributed by atoms with Crippen molar-refractivity contribution in [1.82, 2.24) is 0 Å². The fourth-order valence-corrected chi connectivity index (χ4v) is 0.594. The fourth-order valence-electron chi connectivity index (χ4n) is 0.594. The second kappa shape index (κ2) is 9.08. The molecule has 0 aromatic carbocycles. The Morgan fingerprint density at radius 1 is 1.00 bits per heavy atom. The summed E-state index contributed by atoms with van der Waals surface area (Å²) in [4.78, 5) is 0. The quantitative estimate of drug-likeness (QED) is 0.478. The van der Waals surface area contributed by atoms with E-state index in [4.69, 9.17) is 5.11 Å². The molecule has 11 heavy (non-hydrogen) atoms. The molecule has 0 spiro atoms. The molecule has 0 aliphatic carbocycles. The van der Waals surface area contributed by atoms with E-state index in [2.05, 4.69) is 23.7 Å². The van der Waals surface area contributed by atoms with Gasteiger partial charge in [0.2, 0.25) is 0 Å². The largest absolute Gasteiger partial charge is 0.396 e. The Bertz CT molecular complexity index is 184. The Hall–Kier alpha value is -0.920. The molecule has 60 valence electrons. The van der Waals surface area contributed by atoms with Crippen molar-refractivity contribution in [3.8, 4) is 23.7 Å². The van der Waals surface area contributed by atoms with Crippen molar-refractivity contribution in [2.24, 2.45) is 0 Å². The van der Waals surface area contributed by atoms with Gasteiger partial charge in [-0.25, -0.2) is 0 Å². The van der Waals surface area contributed by atoms with Crippen LogP contribution in [0.15, 0.2) is 0 Å². The summed E-state index contributed by atoms with van der Waals surface area (Å²) in [5.74, 6) is 11.7. The molecule has 0 amide bonds. The number of hydrogen-bond donors (Lipinski definition) is 1. The minimum absolute atomic E-state index is 0.240. The molecule has 0 bridgehead atoms. The first-order valence-electron chi connectivity index (χ1n) is 3.88. The van der Waals surface area contributed by atoms with Gasteiger partial charge in [-0.3, -0.25) is 0 Å². The zero-order valence-corrected chi connectivity index (χ0v) is 6.98. The van der Waals surface area contributed by atoms with Gasteiger partial charge in [-0.05, 0) is 13.3 Å². The van der Waals surface area contributed by atoms with Crippen LogP contribution in [0.4, 0.5) is 0 Å². The Balaban J connectivity index is 3.16. The maximum absolute atomic E-state index is 8.42. The van der Waals surface area contributed by atoms with Crippen LogP contribution in [0.25, 0.3) is 0 Å². The average molecular weight is 150 g/mol. The number of aliphatic hydroxyl groups is 1. The summed E-state index contributed by atoms with van der Waals surface area (Å²) in [6, 6.07) is 0. The first-order valence-corrected chi connectivity index (χ1v) is 3.88. The molecule has 0 radical (unpaired) electrons.